The quantitative estimate of drug-likeness (QED) is 0.793. The fourth-order valence-corrected chi connectivity index (χ4v) is 1.76. The fourth-order valence-electron chi connectivity index (χ4n) is 1.63. The number of benzene rings is 1. The van der Waals surface area contributed by atoms with E-state index in [0.717, 1.165) is 5.56 Å². The van der Waals surface area contributed by atoms with Gasteiger partial charge in [-0.25, -0.2) is 4.79 Å². The number of amides is 1. The van der Waals surface area contributed by atoms with E-state index in [1.807, 2.05) is 6.92 Å². The lowest BCUT2D eigenvalue weighted by molar-refractivity contribution is -0.142. The summed E-state index contributed by atoms with van der Waals surface area (Å²) in [6, 6.07) is 6.11. The van der Waals surface area contributed by atoms with Crippen LogP contribution in [0.2, 0.25) is 5.02 Å². The summed E-state index contributed by atoms with van der Waals surface area (Å²) in [7, 11) is 0. The van der Waals surface area contributed by atoms with Crippen LogP contribution in [0, 0.1) is 5.92 Å². The third-order valence-corrected chi connectivity index (χ3v) is 3.33. The molecular weight excluding hydrogens is 278 g/mol. The number of nitrogens with one attached hydrogen (secondary N) is 1. The van der Waals surface area contributed by atoms with Crippen molar-refractivity contribution in [3.8, 4) is 0 Å². The van der Waals surface area contributed by atoms with Gasteiger partial charge in [0.1, 0.15) is 6.04 Å². The number of carbonyl (C=O) groups excluding carboxylic acids is 1. The Balaban J connectivity index is 2.66. The molecule has 2 atom stereocenters. The smallest absolute Gasteiger partial charge is 0.326 e. The van der Waals surface area contributed by atoms with Gasteiger partial charge >= 0.3 is 5.97 Å². The summed E-state index contributed by atoms with van der Waals surface area (Å²) < 4.78 is 0. The zero-order valence-corrected chi connectivity index (χ0v) is 12.2. The van der Waals surface area contributed by atoms with E-state index in [0.29, 0.717) is 11.4 Å². The minimum absolute atomic E-state index is 0.125. The molecule has 1 rings (SSSR count). The summed E-state index contributed by atoms with van der Waals surface area (Å²) in [5.41, 5.74) is 0.819. The number of carboxylic acid groups (broad SMARTS) is 1. The molecule has 1 aromatic rings. The minimum Gasteiger partial charge on any atom is -0.480 e. The maximum Gasteiger partial charge on any atom is 0.326 e. The highest BCUT2D eigenvalue weighted by atomic mass is 35.5. The third kappa shape index (κ3) is 5.05. The van der Waals surface area contributed by atoms with Crippen molar-refractivity contribution in [2.24, 2.45) is 5.92 Å². The van der Waals surface area contributed by atoms with Gasteiger partial charge in [-0.2, -0.15) is 0 Å². The molecule has 5 heteroatoms. The fraction of sp³-hybridized carbons (Fsp3) is 0.333. The van der Waals surface area contributed by atoms with Crippen LogP contribution in [-0.4, -0.2) is 23.0 Å². The molecule has 0 bridgehead atoms. The van der Waals surface area contributed by atoms with Gasteiger partial charge in [-0.05, 0) is 29.7 Å². The van der Waals surface area contributed by atoms with E-state index >= 15 is 0 Å². The highest BCUT2D eigenvalue weighted by Gasteiger charge is 2.24. The molecule has 108 valence electrons. The normalized spacial score (nSPS) is 13.9. The molecule has 0 aliphatic heterocycles. The lowest BCUT2D eigenvalue weighted by atomic mass is 9.99. The predicted molar refractivity (Wildman–Crippen MR) is 79.5 cm³/mol. The lowest BCUT2D eigenvalue weighted by Crippen LogP contribution is -2.44. The molecule has 2 N–H and O–H groups in total. The first-order valence-electron chi connectivity index (χ1n) is 6.41. The van der Waals surface area contributed by atoms with Crippen LogP contribution in [0.1, 0.15) is 25.8 Å². The van der Waals surface area contributed by atoms with Crippen molar-refractivity contribution in [2.45, 2.75) is 26.3 Å². The van der Waals surface area contributed by atoms with Crippen LogP contribution in [0.4, 0.5) is 0 Å². The molecule has 0 spiro atoms. The van der Waals surface area contributed by atoms with E-state index in [9.17, 15) is 9.59 Å². The Morgan fingerprint density at radius 3 is 2.45 bits per heavy atom. The van der Waals surface area contributed by atoms with Crippen molar-refractivity contribution in [2.75, 3.05) is 0 Å². The van der Waals surface area contributed by atoms with Crippen molar-refractivity contribution in [1.82, 2.24) is 5.32 Å². The SMILES string of the molecule is CCC(C)C(NC(=O)/C=C\c1ccc(Cl)cc1)C(=O)O. The summed E-state index contributed by atoms with van der Waals surface area (Å²) in [6.07, 6.45) is 3.61. The zero-order chi connectivity index (χ0) is 15.1. The van der Waals surface area contributed by atoms with Crippen LogP contribution >= 0.6 is 11.6 Å². The first kappa shape index (κ1) is 16.2. The van der Waals surface area contributed by atoms with Gasteiger partial charge in [-0.3, -0.25) is 4.79 Å². The van der Waals surface area contributed by atoms with Gasteiger partial charge in [0.15, 0.2) is 0 Å². The molecular formula is C15H18ClNO3. The second-order valence-electron chi connectivity index (χ2n) is 4.59. The summed E-state index contributed by atoms with van der Waals surface area (Å²) in [6.45, 7) is 3.68. The first-order chi connectivity index (χ1) is 9.43. The topological polar surface area (TPSA) is 66.4 Å². The van der Waals surface area contributed by atoms with Crippen LogP contribution in [-0.2, 0) is 9.59 Å². The maximum atomic E-state index is 11.7. The Morgan fingerprint density at radius 1 is 1.35 bits per heavy atom. The van der Waals surface area contributed by atoms with Gasteiger partial charge in [0.25, 0.3) is 0 Å². The van der Waals surface area contributed by atoms with Crippen molar-refractivity contribution < 1.29 is 14.7 Å². The largest absolute Gasteiger partial charge is 0.480 e. The molecule has 0 aliphatic carbocycles. The van der Waals surface area contributed by atoms with Crippen LogP contribution in [0.15, 0.2) is 30.3 Å². The van der Waals surface area contributed by atoms with Crippen molar-refractivity contribution >= 4 is 29.6 Å². The number of hydrogen-bond donors (Lipinski definition) is 2. The molecule has 2 unspecified atom stereocenters. The molecule has 0 radical (unpaired) electrons. The number of carboxylic acids is 1. The average molecular weight is 296 g/mol. The number of rotatable bonds is 6. The van der Waals surface area contributed by atoms with Gasteiger partial charge in [-0.1, -0.05) is 44.0 Å². The van der Waals surface area contributed by atoms with Crippen LogP contribution in [0.3, 0.4) is 0 Å². The average Bonchev–Trinajstić information content (AvgIpc) is 2.43. The maximum absolute atomic E-state index is 11.7. The zero-order valence-electron chi connectivity index (χ0n) is 11.5. The van der Waals surface area contributed by atoms with Gasteiger partial charge in [0.05, 0.1) is 0 Å². The number of halogens is 1. The molecule has 0 saturated carbocycles. The van der Waals surface area contributed by atoms with Gasteiger partial charge in [-0.15, -0.1) is 0 Å². The second kappa shape index (κ2) is 7.70. The Bertz CT molecular complexity index is 496. The third-order valence-electron chi connectivity index (χ3n) is 3.07. The van der Waals surface area contributed by atoms with Crippen molar-refractivity contribution in [3.63, 3.8) is 0 Å². The Hall–Kier alpha value is -1.81. The summed E-state index contributed by atoms with van der Waals surface area (Å²) in [5, 5.41) is 12.2. The molecule has 1 amide bonds. The van der Waals surface area contributed by atoms with Gasteiger partial charge in [0.2, 0.25) is 5.91 Å². The van der Waals surface area contributed by atoms with Gasteiger partial charge < -0.3 is 10.4 Å². The monoisotopic (exact) mass is 295 g/mol. The summed E-state index contributed by atoms with van der Waals surface area (Å²) >= 11 is 5.76. The van der Waals surface area contributed by atoms with E-state index < -0.39 is 17.9 Å². The molecule has 0 saturated heterocycles. The molecule has 0 aliphatic rings. The first-order valence-corrected chi connectivity index (χ1v) is 6.78. The van der Waals surface area contributed by atoms with E-state index in [1.54, 1.807) is 37.3 Å². The van der Waals surface area contributed by atoms with Gasteiger partial charge in [0, 0.05) is 11.1 Å². The minimum atomic E-state index is -1.02. The Labute approximate surface area is 123 Å². The van der Waals surface area contributed by atoms with Crippen molar-refractivity contribution in [3.05, 3.63) is 40.9 Å². The van der Waals surface area contributed by atoms with E-state index in [-0.39, 0.29) is 5.92 Å². The highest BCUT2D eigenvalue weighted by molar-refractivity contribution is 6.30. The molecule has 1 aromatic carbocycles. The highest BCUT2D eigenvalue weighted by Crippen LogP contribution is 2.11. The molecule has 0 aromatic heterocycles. The number of carbonyl (C=O) groups is 2. The van der Waals surface area contributed by atoms with Crippen molar-refractivity contribution in [1.29, 1.82) is 0 Å². The Morgan fingerprint density at radius 2 is 1.95 bits per heavy atom. The molecule has 0 fully saturated rings. The number of aliphatic carboxylic acids is 1. The summed E-state index contributed by atoms with van der Waals surface area (Å²) in [4.78, 5) is 22.8. The van der Waals surface area contributed by atoms with E-state index in [1.165, 1.54) is 6.08 Å². The molecule has 0 heterocycles. The molecule has 4 nitrogen and oxygen atoms in total. The summed E-state index contributed by atoms with van der Waals surface area (Å²) in [5.74, 6) is -1.57. The number of hydrogen-bond acceptors (Lipinski definition) is 2. The van der Waals surface area contributed by atoms with Crippen LogP contribution < -0.4 is 5.32 Å². The predicted octanol–water partition coefficient (Wildman–Crippen LogP) is 2.97. The lowest BCUT2D eigenvalue weighted by Gasteiger charge is -2.19. The second-order valence-corrected chi connectivity index (χ2v) is 5.03. The van der Waals surface area contributed by atoms with Crippen LogP contribution in [0.5, 0.6) is 0 Å². The molecule has 20 heavy (non-hydrogen) atoms. The van der Waals surface area contributed by atoms with E-state index in [2.05, 4.69) is 5.32 Å². The standard InChI is InChI=1S/C15H18ClNO3/c1-3-10(2)14(15(19)20)17-13(18)9-6-11-4-7-12(16)8-5-11/h4-10,14H,3H2,1-2H3,(H,17,18)(H,19,20)/b9-6-. The van der Waals surface area contributed by atoms with E-state index in [4.69, 9.17) is 16.7 Å². The van der Waals surface area contributed by atoms with Crippen LogP contribution in [0.25, 0.3) is 6.08 Å². The Kier molecular flexibility index (Phi) is 6.25.